The van der Waals surface area contributed by atoms with Crippen LogP contribution in [0.4, 0.5) is 11.5 Å². The molecule has 0 bridgehead atoms. The molecule has 1 fully saturated rings. The quantitative estimate of drug-likeness (QED) is 0.681. The first-order chi connectivity index (χ1) is 14.2. The van der Waals surface area contributed by atoms with Gasteiger partial charge in [-0.15, -0.1) is 11.3 Å². The van der Waals surface area contributed by atoms with Crippen molar-refractivity contribution in [3.8, 4) is 0 Å². The van der Waals surface area contributed by atoms with E-state index in [1.807, 2.05) is 26.0 Å². The van der Waals surface area contributed by atoms with Crippen molar-refractivity contribution in [2.45, 2.75) is 40.0 Å². The second-order valence-electron chi connectivity index (χ2n) is 8.57. The Morgan fingerprint density at radius 2 is 1.90 bits per heavy atom. The molecular formula is C22H27N5O2S. The number of nitrogens with zero attached hydrogens (tertiary/aromatic N) is 4. The van der Waals surface area contributed by atoms with Crippen LogP contribution in [0.2, 0.25) is 0 Å². The first kappa shape index (κ1) is 20.7. The Hall–Kier alpha value is -2.58. The van der Waals surface area contributed by atoms with E-state index in [-0.39, 0.29) is 11.3 Å². The standard InChI is InChI=1S/C22H27N5O2S/c1-13-17-14(2)24-21(22(3,4)5)26-20(17)30-18(13)19(28)25-16-7-6-15(12-23-16)27-8-10-29-11-9-27/h6-7,12H,8-11H2,1-5H3,(H,23,25,28). The maximum Gasteiger partial charge on any atom is 0.267 e. The number of rotatable bonds is 3. The SMILES string of the molecule is Cc1nc(C(C)(C)C)nc2sc(C(=O)Nc3ccc(N4CCOCC4)cn3)c(C)c12. The third-order valence-electron chi connectivity index (χ3n) is 5.21. The van der Waals surface area contributed by atoms with Crippen LogP contribution in [-0.2, 0) is 10.2 Å². The second kappa shape index (κ2) is 7.92. The molecule has 1 amide bonds. The highest BCUT2D eigenvalue weighted by Crippen LogP contribution is 2.33. The fourth-order valence-electron chi connectivity index (χ4n) is 3.53. The van der Waals surface area contributed by atoms with Gasteiger partial charge in [0, 0.05) is 23.9 Å². The molecule has 0 unspecified atom stereocenters. The fraction of sp³-hybridized carbons (Fsp3) is 0.455. The lowest BCUT2D eigenvalue weighted by Crippen LogP contribution is -2.36. The Balaban J connectivity index is 1.57. The number of anilines is 2. The Kier molecular flexibility index (Phi) is 5.46. The molecule has 3 aromatic rings. The van der Waals surface area contributed by atoms with Crippen LogP contribution in [0.15, 0.2) is 18.3 Å². The van der Waals surface area contributed by atoms with Crippen LogP contribution in [0, 0.1) is 13.8 Å². The van der Waals surface area contributed by atoms with Gasteiger partial charge in [-0.1, -0.05) is 20.8 Å². The highest BCUT2D eigenvalue weighted by molar-refractivity contribution is 7.20. The molecule has 0 aliphatic carbocycles. The number of fused-ring (bicyclic) bond motifs is 1. The summed E-state index contributed by atoms with van der Waals surface area (Å²) < 4.78 is 5.39. The van der Waals surface area contributed by atoms with E-state index in [1.54, 1.807) is 6.20 Å². The maximum absolute atomic E-state index is 13.0. The lowest BCUT2D eigenvalue weighted by atomic mass is 9.95. The topological polar surface area (TPSA) is 80.2 Å². The Morgan fingerprint density at radius 3 is 2.53 bits per heavy atom. The third kappa shape index (κ3) is 4.02. The van der Waals surface area contributed by atoms with Gasteiger partial charge in [-0.25, -0.2) is 15.0 Å². The normalized spacial score (nSPS) is 14.9. The van der Waals surface area contributed by atoms with Crippen molar-refractivity contribution < 1.29 is 9.53 Å². The van der Waals surface area contributed by atoms with Crippen LogP contribution in [0.3, 0.4) is 0 Å². The van der Waals surface area contributed by atoms with Crippen LogP contribution in [0.25, 0.3) is 10.2 Å². The predicted octanol–water partition coefficient (Wildman–Crippen LogP) is 4.09. The van der Waals surface area contributed by atoms with Crippen LogP contribution >= 0.6 is 11.3 Å². The van der Waals surface area contributed by atoms with Gasteiger partial charge in [-0.2, -0.15) is 0 Å². The molecule has 30 heavy (non-hydrogen) atoms. The van der Waals surface area contributed by atoms with Crippen molar-refractivity contribution in [2.24, 2.45) is 0 Å². The number of aryl methyl sites for hydroxylation is 2. The minimum Gasteiger partial charge on any atom is -0.378 e. The van der Waals surface area contributed by atoms with E-state index in [9.17, 15) is 4.79 Å². The minimum absolute atomic E-state index is 0.147. The first-order valence-corrected chi connectivity index (χ1v) is 10.9. The zero-order chi connectivity index (χ0) is 21.5. The van der Waals surface area contributed by atoms with Crippen molar-refractivity contribution in [2.75, 3.05) is 36.5 Å². The average molecular weight is 426 g/mol. The van der Waals surface area contributed by atoms with Gasteiger partial charge in [-0.05, 0) is 31.5 Å². The molecular weight excluding hydrogens is 398 g/mol. The Morgan fingerprint density at radius 1 is 1.17 bits per heavy atom. The summed E-state index contributed by atoms with van der Waals surface area (Å²) in [6, 6.07) is 3.82. The third-order valence-corrected chi connectivity index (χ3v) is 6.40. The van der Waals surface area contributed by atoms with Gasteiger partial charge in [0.15, 0.2) is 0 Å². The van der Waals surface area contributed by atoms with Crippen LogP contribution in [-0.4, -0.2) is 47.2 Å². The van der Waals surface area contributed by atoms with Gasteiger partial charge in [0.1, 0.15) is 16.5 Å². The molecule has 0 spiro atoms. The lowest BCUT2D eigenvalue weighted by Gasteiger charge is -2.28. The van der Waals surface area contributed by atoms with Gasteiger partial charge in [-0.3, -0.25) is 4.79 Å². The molecule has 0 atom stereocenters. The summed E-state index contributed by atoms with van der Waals surface area (Å²) in [6.45, 7) is 13.4. The number of hydrogen-bond acceptors (Lipinski definition) is 7. The van der Waals surface area contributed by atoms with Gasteiger partial charge < -0.3 is 15.0 Å². The molecule has 1 saturated heterocycles. The predicted molar refractivity (Wildman–Crippen MR) is 121 cm³/mol. The summed E-state index contributed by atoms with van der Waals surface area (Å²) in [6.07, 6.45) is 1.80. The molecule has 0 aromatic carbocycles. The van der Waals surface area contributed by atoms with E-state index in [0.717, 1.165) is 59.3 Å². The molecule has 0 radical (unpaired) electrons. The monoisotopic (exact) mass is 425 g/mol. The van der Waals surface area contributed by atoms with E-state index >= 15 is 0 Å². The number of thiophene rings is 1. The van der Waals surface area contributed by atoms with Gasteiger partial charge >= 0.3 is 0 Å². The summed E-state index contributed by atoms with van der Waals surface area (Å²) in [5.41, 5.74) is 2.71. The van der Waals surface area contributed by atoms with Crippen molar-refractivity contribution in [1.29, 1.82) is 0 Å². The molecule has 8 heteroatoms. The summed E-state index contributed by atoms with van der Waals surface area (Å²) in [4.78, 5) is 30.5. The van der Waals surface area contributed by atoms with Crippen molar-refractivity contribution in [3.05, 3.63) is 40.3 Å². The molecule has 158 valence electrons. The highest BCUT2D eigenvalue weighted by atomic mass is 32.1. The Labute approximate surface area is 180 Å². The summed E-state index contributed by atoms with van der Waals surface area (Å²) in [5, 5.41) is 3.89. The average Bonchev–Trinajstić information content (AvgIpc) is 3.06. The van der Waals surface area contributed by atoms with Gasteiger partial charge in [0.05, 0.1) is 35.7 Å². The van der Waals surface area contributed by atoms with Gasteiger partial charge in [0.25, 0.3) is 5.91 Å². The summed E-state index contributed by atoms with van der Waals surface area (Å²) >= 11 is 1.41. The minimum atomic E-state index is -0.168. The number of carbonyl (C=O) groups is 1. The van der Waals surface area contributed by atoms with Crippen molar-refractivity contribution >= 4 is 39.0 Å². The number of nitrogens with one attached hydrogen (secondary N) is 1. The van der Waals surface area contributed by atoms with Crippen LogP contribution in [0.5, 0.6) is 0 Å². The van der Waals surface area contributed by atoms with E-state index < -0.39 is 0 Å². The van der Waals surface area contributed by atoms with E-state index in [1.165, 1.54) is 11.3 Å². The number of hydrogen-bond donors (Lipinski definition) is 1. The first-order valence-electron chi connectivity index (χ1n) is 10.1. The van der Waals surface area contributed by atoms with E-state index in [0.29, 0.717) is 10.7 Å². The lowest BCUT2D eigenvalue weighted by molar-refractivity contribution is 0.102. The number of amides is 1. The molecule has 4 heterocycles. The molecule has 3 aromatic heterocycles. The number of morpholine rings is 1. The van der Waals surface area contributed by atoms with E-state index in [4.69, 9.17) is 9.72 Å². The zero-order valence-electron chi connectivity index (χ0n) is 18.1. The molecule has 0 saturated carbocycles. The molecule has 1 aliphatic heterocycles. The highest BCUT2D eigenvalue weighted by Gasteiger charge is 2.23. The molecule has 4 rings (SSSR count). The largest absolute Gasteiger partial charge is 0.378 e. The smallest absolute Gasteiger partial charge is 0.267 e. The van der Waals surface area contributed by atoms with Crippen LogP contribution in [0.1, 0.15) is 47.5 Å². The number of pyridine rings is 1. The van der Waals surface area contributed by atoms with Crippen LogP contribution < -0.4 is 10.2 Å². The second-order valence-corrected chi connectivity index (χ2v) is 9.57. The Bertz CT molecular complexity index is 1080. The molecule has 7 nitrogen and oxygen atoms in total. The molecule has 1 N–H and O–H groups in total. The van der Waals surface area contributed by atoms with E-state index in [2.05, 4.69) is 41.0 Å². The number of aromatic nitrogens is 3. The molecule has 1 aliphatic rings. The maximum atomic E-state index is 13.0. The summed E-state index contributed by atoms with van der Waals surface area (Å²) in [7, 11) is 0. The van der Waals surface area contributed by atoms with Crippen molar-refractivity contribution in [3.63, 3.8) is 0 Å². The van der Waals surface area contributed by atoms with Gasteiger partial charge in [0.2, 0.25) is 0 Å². The number of carbonyl (C=O) groups excluding carboxylic acids is 1. The summed E-state index contributed by atoms with van der Waals surface area (Å²) in [5.74, 6) is 1.16. The zero-order valence-corrected chi connectivity index (χ0v) is 18.9. The number of ether oxygens (including phenoxy) is 1. The fourth-order valence-corrected chi connectivity index (χ4v) is 4.66. The van der Waals surface area contributed by atoms with Crippen molar-refractivity contribution in [1.82, 2.24) is 15.0 Å².